The molecule has 20 heavy (non-hydrogen) atoms. The zero-order valence-electron chi connectivity index (χ0n) is 10.1. The number of imide groups is 1. The van der Waals surface area contributed by atoms with Crippen LogP contribution in [-0.2, 0) is 19.2 Å². The van der Waals surface area contributed by atoms with E-state index in [4.69, 9.17) is 0 Å². The summed E-state index contributed by atoms with van der Waals surface area (Å²) in [7, 11) is 0. The van der Waals surface area contributed by atoms with Crippen LogP contribution in [0, 0.1) is 0 Å². The van der Waals surface area contributed by atoms with Gasteiger partial charge in [-0.3, -0.25) is 0 Å². The topological polar surface area (TPSA) is 110 Å². The number of nitrogens with zero attached hydrogens (tertiary/aromatic N) is 2. The molecule has 0 saturated carbocycles. The molecule has 102 valence electrons. The molecular weight excluding hydrogens is 268 g/mol. The summed E-state index contributed by atoms with van der Waals surface area (Å²) in [4.78, 5) is 50.8. The fourth-order valence-corrected chi connectivity index (χ4v) is 1.72. The summed E-state index contributed by atoms with van der Waals surface area (Å²) in [6.45, 7) is 0. The molecule has 2 rings (SSSR count). The smallest absolute Gasteiger partial charge is 0.239 e. The molecule has 0 bridgehead atoms. The lowest BCUT2D eigenvalue weighted by atomic mass is 10.2. The van der Waals surface area contributed by atoms with Gasteiger partial charge in [-0.25, -0.2) is 24.0 Å². The number of hydroxylamine groups is 4. The van der Waals surface area contributed by atoms with Gasteiger partial charge in [-0.1, -0.05) is 12.1 Å². The van der Waals surface area contributed by atoms with Crippen molar-refractivity contribution in [2.45, 2.75) is 12.8 Å². The molecule has 0 spiro atoms. The fourth-order valence-electron chi connectivity index (χ4n) is 1.72. The third-order valence-corrected chi connectivity index (χ3v) is 2.73. The van der Waals surface area contributed by atoms with Crippen molar-refractivity contribution >= 4 is 29.6 Å². The first-order valence-electron chi connectivity index (χ1n) is 5.58. The lowest BCUT2D eigenvalue weighted by Gasteiger charge is -2.15. The molecule has 1 heterocycles. The van der Waals surface area contributed by atoms with Gasteiger partial charge in [0.1, 0.15) is 4.81 Å². The maximum Gasteiger partial charge on any atom is 0.405 e. The lowest BCUT2D eigenvalue weighted by Crippen LogP contribution is -2.50. The number of hydrogen-bond acceptors (Lipinski definition) is 7. The first-order valence-corrected chi connectivity index (χ1v) is 5.58. The minimum atomic E-state index is -2.02. The van der Waals surface area contributed by atoms with Crippen LogP contribution >= 0.6 is 0 Å². The van der Waals surface area contributed by atoms with Gasteiger partial charge in [-0.15, -0.1) is 0 Å². The van der Waals surface area contributed by atoms with E-state index in [0.29, 0.717) is 0 Å². The average Bonchev–Trinajstić information content (AvgIpc) is 2.67. The molecule has 1 N–H and O–H groups in total. The Labute approximate surface area is 112 Å². The Morgan fingerprint density at radius 3 is 2.45 bits per heavy atom. The highest BCUT2D eigenvalue weighted by Gasteiger charge is 2.55. The van der Waals surface area contributed by atoms with Crippen molar-refractivity contribution in [3.8, 4) is 0 Å². The molecule has 2 amide bonds. The van der Waals surface area contributed by atoms with Crippen LogP contribution in [0.5, 0.6) is 0 Å². The molecule has 0 atom stereocenters. The molecule has 1 fully saturated rings. The second-order valence-corrected chi connectivity index (χ2v) is 3.96. The normalized spacial score (nSPS) is 16.6. The zero-order valence-corrected chi connectivity index (χ0v) is 10.1. The van der Waals surface area contributed by atoms with Crippen molar-refractivity contribution < 1.29 is 34.0 Å². The first kappa shape index (κ1) is 13.8. The Hall–Kier alpha value is -2.67. The third kappa shape index (κ3) is 2.26. The van der Waals surface area contributed by atoms with Crippen LogP contribution in [0.4, 0.5) is 5.69 Å². The van der Waals surface area contributed by atoms with E-state index in [1.807, 2.05) is 0 Å². The van der Waals surface area contributed by atoms with Gasteiger partial charge in [0.15, 0.2) is 0 Å². The lowest BCUT2D eigenvalue weighted by molar-refractivity contribution is -1.12. The average molecular weight is 277 g/mol. The Bertz CT molecular complexity index is 631. The van der Waals surface area contributed by atoms with Crippen LogP contribution in [0.2, 0.25) is 0 Å². The zero-order chi connectivity index (χ0) is 14.8. The van der Waals surface area contributed by atoms with Gasteiger partial charge in [-0.2, -0.15) is 10.2 Å². The highest BCUT2D eigenvalue weighted by atomic mass is 17.0. The number of para-hydroxylation sites is 1. The summed E-state index contributed by atoms with van der Waals surface area (Å²) in [6.07, 6.45) is 0.843. The molecule has 1 aromatic carbocycles. The molecular formula is C12H9N2O6+. The molecule has 8 nitrogen and oxygen atoms in total. The van der Waals surface area contributed by atoms with Gasteiger partial charge in [0.25, 0.3) is 0 Å². The number of carbonyl (C=O) groups is 3. The van der Waals surface area contributed by atoms with Gasteiger partial charge < -0.3 is 0 Å². The molecule has 1 aliphatic rings. The fraction of sp³-hybridized carbons (Fsp3) is 0.167. The highest BCUT2D eigenvalue weighted by molar-refractivity contribution is 5.97. The standard InChI is InChI=1S/C12H9N2O6/c15-7-13-9-4-2-1-3-8(9)12(18)20-14(19)10(16)5-6-11(14)17/h1-4,19H,5-6H2/q+1. The summed E-state index contributed by atoms with van der Waals surface area (Å²) in [6, 6.07) is 5.60. The largest absolute Gasteiger partial charge is 0.405 e. The second kappa shape index (κ2) is 5.14. The molecule has 0 radical (unpaired) electrons. The van der Waals surface area contributed by atoms with Gasteiger partial charge in [0.2, 0.25) is 6.08 Å². The van der Waals surface area contributed by atoms with Crippen molar-refractivity contribution in [2.75, 3.05) is 0 Å². The minimum absolute atomic E-state index is 0.0433. The van der Waals surface area contributed by atoms with E-state index in [9.17, 15) is 24.4 Å². The number of isocyanates is 1. The molecule has 0 aromatic heterocycles. The van der Waals surface area contributed by atoms with Crippen LogP contribution in [-0.4, -0.2) is 33.9 Å². The van der Waals surface area contributed by atoms with Gasteiger partial charge in [0.05, 0.1) is 24.1 Å². The van der Waals surface area contributed by atoms with E-state index >= 15 is 0 Å². The first-order chi connectivity index (χ1) is 9.49. The number of amides is 2. The van der Waals surface area contributed by atoms with Crippen molar-refractivity contribution in [3.63, 3.8) is 0 Å². The summed E-state index contributed by atoms with van der Waals surface area (Å²) in [5, 5.41) is 9.77. The number of rotatable bonds is 3. The molecule has 1 saturated heterocycles. The summed E-state index contributed by atoms with van der Waals surface area (Å²) < 4.78 is 0. The van der Waals surface area contributed by atoms with E-state index in [0.717, 1.165) is 0 Å². The number of aliphatic imine (C=N–C) groups is 1. The maximum absolute atomic E-state index is 11.9. The maximum atomic E-state index is 11.9. The Balaban J connectivity index is 2.32. The van der Waals surface area contributed by atoms with E-state index in [2.05, 4.69) is 9.83 Å². The molecule has 8 heteroatoms. The predicted octanol–water partition coefficient (Wildman–Crippen LogP) is 0.779. The van der Waals surface area contributed by atoms with Crippen LogP contribution in [0.15, 0.2) is 29.3 Å². The van der Waals surface area contributed by atoms with Crippen molar-refractivity contribution in [1.29, 1.82) is 0 Å². The Morgan fingerprint density at radius 2 is 1.85 bits per heavy atom. The van der Waals surface area contributed by atoms with Crippen LogP contribution in [0.3, 0.4) is 0 Å². The van der Waals surface area contributed by atoms with Crippen molar-refractivity contribution in [2.24, 2.45) is 4.99 Å². The highest BCUT2D eigenvalue weighted by Crippen LogP contribution is 2.25. The summed E-state index contributed by atoms with van der Waals surface area (Å²) >= 11 is 0. The van der Waals surface area contributed by atoms with Crippen LogP contribution < -0.4 is 0 Å². The molecule has 0 aliphatic carbocycles. The van der Waals surface area contributed by atoms with Crippen LogP contribution in [0.1, 0.15) is 23.2 Å². The van der Waals surface area contributed by atoms with Gasteiger partial charge in [-0.05, 0) is 12.1 Å². The summed E-state index contributed by atoms with van der Waals surface area (Å²) in [5.74, 6) is -3.01. The second-order valence-electron chi connectivity index (χ2n) is 3.96. The molecule has 1 aliphatic heterocycles. The van der Waals surface area contributed by atoms with E-state index in [-0.39, 0.29) is 24.1 Å². The van der Waals surface area contributed by atoms with E-state index < -0.39 is 22.6 Å². The SMILES string of the molecule is O=C=Nc1ccccc1C(=O)O[N+]1(O)C(=O)CCC1=O. The number of hydrogen-bond donors (Lipinski definition) is 1. The Kier molecular flexibility index (Phi) is 3.53. The molecule has 0 unspecified atom stereocenters. The van der Waals surface area contributed by atoms with Gasteiger partial charge in [0, 0.05) is 0 Å². The summed E-state index contributed by atoms with van der Waals surface area (Å²) in [5.41, 5.74) is -0.215. The van der Waals surface area contributed by atoms with Gasteiger partial charge >= 0.3 is 17.8 Å². The third-order valence-electron chi connectivity index (χ3n) is 2.73. The number of carbonyl (C=O) groups excluding carboxylic acids is 4. The quantitative estimate of drug-likeness (QED) is 0.287. The van der Waals surface area contributed by atoms with E-state index in [1.54, 1.807) is 0 Å². The predicted molar refractivity (Wildman–Crippen MR) is 60.9 cm³/mol. The molecule has 1 aromatic rings. The monoisotopic (exact) mass is 277 g/mol. The number of benzene rings is 1. The van der Waals surface area contributed by atoms with Crippen LogP contribution in [0.25, 0.3) is 0 Å². The Morgan fingerprint density at radius 1 is 1.25 bits per heavy atom. The van der Waals surface area contributed by atoms with Crippen molar-refractivity contribution in [1.82, 2.24) is 0 Å². The van der Waals surface area contributed by atoms with E-state index in [1.165, 1.54) is 30.3 Å². The number of quaternary nitrogens is 1. The van der Waals surface area contributed by atoms with Crippen molar-refractivity contribution in [3.05, 3.63) is 29.8 Å². The minimum Gasteiger partial charge on any atom is -0.239 e.